The Kier molecular flexibility index (Phi) is 6.57. The standard InChI is InChI=1S/C26H31ClN4OS/c1-17(2)15-22-28-24(23-20-9-4-3-5-10-21(20)33-25(23)29-22)30-11-13-31(14-12-30)26(32)18-7-6-8-19(27)16-18/h6-8,16-17H,3-5,9-15H2,1-2H3. The molecule has 0 unspecified atom stereocenters. The zero-order valence-corrected chi connectivity index (χ0v) is 21.0. The van der Waals surface area contributed by atoms with Gasteiger partial charge in [0, 0.05) is 48.1 Å². The maximum atomic E-state index is 13.0. The normalized spacial score (nSPS) is 16.8. The van der Waals surface area contributed by atoms with Gasteiger partial charge in [0.1, 0.15) is 16.5 Å². The van der Waals surface area contributed by atoms with Crippen molar-refractivity contribution in [3.05, 3.63) is 51.1 Å². The Balaban J connectivity index is 1.44. The van der Waals surface area contributed by atoms with Gasteiger partial charge < -0.3 is 9.80 Å². The number of thiophene rings is 1. The number of benzene rings is 1. The minimum atomic E-state index is 0.0508. The van der Waals surface area contributed by atoms with E-state index in [4.69, 9.17) is 21.6 Å². The van der Waals surface area contributed by atoms with Gasteiger partial charge in [0.25, 0.3) is 5.91 Å². The van der Waals surface area contributed by atoms with Crippen LogP contribution in [0.4, 0.5) is 5.82 Å². The summed E-state index contributed by atoms with van der Waals surface area (Å²) in [6.45, 7) is 7.37. The molecule has 5 rings (SSSR count). The number of carbonyl (C=O) groups excluding carboxylic acids is 1. The van der Waals surface area contributed by atoms with Crippen molar-refractivity contribution in [3.8, 4) is 0 Å². The van der Waals surface area contributed by atoms with Crippen LogP contribution in [0.25, 0.3) is 10.2 Å². The first-order chi connectivity index (χ1) is 16.0. The van der Waals surface area contributed by atoms with Crippen LogP contribution in [0.15, 0.2) is 24.3 Å². The third kappa shape index (κ3) is 4.73. The molecule has 0 bridgehead atoms. The SMILES string of the molecule is CC(C)Cc1nc(N2CCN(C(=O)c3cccc(Cl)c3)CC2)c2c3c(sc2n1)CCCCC3. The first-order valence-corrected chi connectivity index (χ1v) is 13.3. The quantitative estimate of drug-likeness (QED) is 0.442. The Morgan fingerprint density at radius 1 is 1.09 bits per heavy atom. The Hall–Kier alpha value is -2.18. The summed E-state index contributed by atoms with van der Waals surface area (Å²) in [5, 5.41) is 1.87. The van der Waals surface area contributed by atoms with Crippen LogP contribution in [0, 0.1) is 5.92 Å². The third-order valence-electron chi connectivity index (χ3n) is 6.62. The van der Waals surface area contributed by atoms with E-state index in [1.165, 1.54) is 35.1 Å². The second-order valence-electron chi connectivity index (χ2n) is 9.60. The lowest BCUT2D eigenvalue weighted by atomic mass is 10.1. The molecule has 1 aliphatic carbocycles. The Morgan fingerprint density at radius 3 is 2.64 bits per heavy atom. The second-order valence-corrected chi connectivity index (χ2v) is 11.1. The summed E-state index contributed by atoms with van der Waals surface area (Å²) in [6.07, 6.45) is 6.99. The lowest BCUT2D eigenvalue weighted by Gasteiger charge is -2.36. The number of hydrogen-bond acceptors (Lipinski definition) is 5. The van der Waals surface area contributed by atoms with Crippen LogP contribution < -0.4 is 4.90 Å². The maximum absolute atomic E-state index is 13.0. The first-order valence-electron chi connectivity index (χ1n) is 12.1. The van der Waals surface area contributed by atoms with E-state index in [9.17, 15) is 4.79 Å². The van der Waals surface area contributed by atoms with E-state index >= 15 is 0 Å². The van der Waals surface area contributed by atoms with E-state index in [0.29, 0.717) is 29.6 Å². The number of nitrogens with zero attached hydrogens (tertiary/aromatic N) is 4. The van der Waals surface area contributed by atoms with Crippen LogP contribution in [-0.4, -0.2) is 47.0 Å². The Morgan fingerprint density at radius 2 is 1.88 bits per heavy atom. The summed E-state index contributed by atoms with van der Waals surface area (Å²) >= 11 is 7.99. The molecule has 174 valence electrons. The predicted molar refractivity (Wildman–Crippen MR) is 137 cm³/mol. The number of anilines is 1. The molecular formula is C26H31ClN4OS. The fourth-order valence-corrected chi connectivity index (χ4v) is 6.43. The van der Waals surface area contributed by atoms with Crippen LogP contribution in [0.3, 0.4) is 0 Å². The van der Waals surface area contributed by atoms with Crippen molar-refractivity contribution in [1.82, 2.24) is 14.9 Å². The molecule has 2 aliphatic rings. The number of carbonyl (C=O) groups is 1. The van der Waals surface area contributed by atoms with Crippen molar-refractivity contribution in [2.75, 3.05) is 31.1 Å². The fourth-order valence-electron chi connectivity index (χ4n) is 4.97. The van der Waals surface area contributed by atoms with Gasteiger partial charge in [-0.3, -0.25) is 4.79 Å². The number of halogens is 1. The average molecular weight is 483 g/mol. The third-order valence-corrected chi connectivity index (χ3v) is 8.04. The zero-order chi connectivity index (χ0) is 22.9. The highest BCUT2D eigenvalue weighted by Crippen LogP contribution is 2.39. The van der Waals surface area contributed by atoms with E-state index in [2.05, 4.69) is 18.7 Å². The zero-order valence-electron chi connectivity index (χ0n) is 19.4. The second kappa shape index (κ2) is 9.59. The molecule has 33 heavy (non-hydrogen) atoms. The van der Waals surface area contributed by atoms with Gasteiger partial charge in [-0.25, -0.2) is 9.97 Å². The molecule has 2 aromatic heterocycles. The molecule has 1 aliphatic heterocycles. The van der Waals surface area contributed by atoms with Crippen LogP contribution in [0.2, 0.25) is 5.02 Å². The number of fused-ring (bicyclic) bond motifs is 3. The molecule has 3 heterocycles. The summed E-state index contributed by atoms with van der Waals surface area (Å²) in [5.41, 5.74) is 2.14. The summed E-state index contributed by atoms with van der Waals surface area (Å²) in [7, 11) is 0. The smallest absolute Gasteiger partial charge is 0.254 e. The number of rotatable bonds is 4. The highest BCUT2D eigenvalue weighted by Gasteiger charge is 2.27. The minimum Gasteiger partial charge on any atom is -0.352 e. The van der Waals surface area contributed by atoms with Gasteiger partial charge in [-0.2, -0.15) is 0 Å². The van der Waals surface area contributed by atoms with Gasteiger partial charge in [0.2, 0.25) is 0 Å². The molecule has 1 saturated heterocycles. The Labute approximate surface area is 204 Å². The molecule has 1 aromatic carbocycles. The van der Waals surface area contributed by atoms with E-state index < -0.39 is 0 Å². The van der Waals surface area contributed by atoms with Gasteiger partial charge >= 0.3 is 0 Å². The summed E-state index contributed by atoms with van der Waals surface area (Å²) < 4.78 is 0. The molecule has 7 heteroatoms. The number of amides is 1. The summed E-state index contributed by atoms with van der Waals surface area (Å²) in [5.74, 6) is 2.60. The number of hydrogen-bond donors (Lipinski definition) is 0. The molecule has 0 saturated carbocycles. The maximum Gasteiger partial charge on any atom is 0.254 e. The topological polar surface area (TPSA) is 49.3 Å². The van der Waals surface area contributed by atoms with Crippen molar-refractivity contribution in [3.63, 3.8) is 0 Å². The molecular weight excluding hydrogens is 452 g/mol. The van der Waals surface area contributed by atoms with E-state index in [0.717, 1.165) is 48.8 Å². The minimum absolute atomic E-state index is 0.0508. The monoisotopic (exact) mass is 482 g/mol. The molecule has 0 atom stereocenters. The van der Waals surface area contributed by atoms with Gasteiger partial charge in [0.05, 0.1) is 5.39 Å². The van der Waals surface area contributed by atoms with Crippen molar-refractivity contribution in [2.45, 2.75) is 52.4 Å². The van der Waals surface area contributed by atoms with Crippen LogP contribution >= 0.6 is 22.9 Å². The number of aryl methyl sites for hydroxylation is 2. The molecule has 5 nitrogen and oxygen atoms in total. The van der Waals surface area contributed by atoms with Gasteiger partial charge in [-0.1, -0.05) is 37.9 Å². The van der Waals surface area contributed by atoms with Crippen molar-refractivity contribution < 1.29 is 4.79 Å². The number of piperazine rings is 1. The van der Waals surface area contributed by atoms with Gasteiger partial charge in [-0.05, 0) is 55.4 Å². The van der Waals surface area contributed by atoms with Crippen LogP contribution in [0.1, 0.15) is 59.7 Å². The molecule has 0 N–H and O–H groups in total. The van der Waals surface area contributed by atoms with E-state index in [1.807, 2.05) is 28.4 Å². The molecule has 0 radical (unpaired) electrons. The Bertz CT molecular complexity index is 1170. The van der Waals surface area contributed by atoms with E-state index in [1.54, 1.807) is 12.1 Å². The summed E-state index contributed by atoms with van der Waals surface area (Å²) in [4.78, 5) is 30.1. The lowest BCUT2D eigenvalue weighted by molar-refractivity contribution is 0.0746. The summed E-state index contributed by atoms with van der Waals surface area (Å²) in [6, 6.07) is 7.23. The van der Waals surface area contributed by atoms with Crippen molar-refractivity contribution >= 4 is 44.9 Å². The molecule has 0 spiro atoms. The van der Waals surface area contributed by atoms with Crippen LogP contribution in [0.5, 0.6) is 0 Å². The van der Waals surface area contributed by atoms with Crippen LogP contribution in [-0.2, 0) is 19.3 Å². The van der Waals surface area contributed by atoms with Gasteiger partial charge in [-0.15, -0.1) is 11.3 Å². The molecule has 1 fully saturated rings. The highest BCUT2D eigenvalue weighted by molar-refractivity contribution is 7.19. The number of aromatic nitrogens is 2. The highest BCUT2D eigenvalue weighted by atomic mass is 35.5. The van der Waals surface area contributed by atoms with E-state index in [-0.39, 0.29) is 5.91 Å². The lowest BCUT2D eigenvalue weighted by Crippen LogP contribution is -2.49. The van der Waals surface area contributed by atoms with Crippen molar-refractivity contribution in [1.29, 1.82) is 0 Å². The molecule has 1 amide bonds. The predicted octanol–water partition coefficient (Wildman–Crippen LogP) is 5.77. The van der Waals surface area contributed by atoms with Gasteiger partial charge in [0.15, 0.2) is 0 Å². The first kappa shape index (κ1) is 22.6. The molecule has 3 aromatic rings. The largest absolute Gasteiger partial charge is 0.352 e. The fraction of sp³-hybridized carbons (Fsp3) is 0.500. The van der Waals surface area contributed by atoms with Crippen molar-refractivity contribution in [2.24, 2.45) is 5.92 Å². The average Bonchev–Trinajstić information content (AvgIpc) is 2.98.